The Labute approximate surface area is 120 Å². The molecule has 20 heavy (non-hydrogen) atoms. The second kappa shape index (κ2) is 6.46. The minimum atomic E-state index is 0.149. The molecule has 0 aliphatic carbocycles. The summed E-state index contributed by atoms with van der Waals surface area (Å²) in [6, 6.07) is 7.91. The third kappa shape index (κ3) is 3.25. The first-order chi connectivity index (χ1) is 9.85. The van der Waals surface area contributed by atoms with E-state index in [1.165, 1.54) is 19.3 Å². The molecule has 4 nitrogen and oxygen atoms in total. The van der Waals surface area contributed by atoms with Crippen molar-refractivity contribution in [1.29, 1.82) is 0 Å². The van der Waals surface area contributed by atoms with Crippen molar-refractivity contribution in [3.63, 3.8) is 0 Å². The van der Waals surface area contributed by atoms with Crippen molar-refractivity contribution in [3.8, 4) is 11.5 Å². The Morgan fingerprint density at radius 2 is 1.90 bits per heavy atom. The standard InChI is InChI=1S/C16H24N2O2/c17-8-5-13-6-9-18(10-7-13)11-14-12-19-15-3-1-2-4-16(15)20-14/h1-4,13-14H,5-12,17H2. The van der Waals surface area contributed by atoms with Crippen molar-refractivity contribution in [2.75, 3.05) is 32.8 Å². The zero-order valence-corrected chi connectivity index (χ0v) is 12.0. The summed E-state index contributed by atoms with van der Waals surface area (Å²) >= 11 is 0. The largest absolute Gasteiger partial charge is 0.486 e. The Bertz CT molecular complexity index is 430. The molecule has 1 saturated heterocycles. The van der Waals surface area contributed by atoms with E-state index in [1.807, 2.05) is 24.3 Å². The van der Waals surface area contributed by atoms with Crippen LogP contribution in [0.15, 0.2) is 24.3 Å². The number of likely N-dealkylation sites (tertiary alicyclic amines) is 1. The number of hydrogen-bond acceptors (Lipinski definition) is 4. The number of rotatable bonds is 4. The zero-order valence-electron chi connectivity index (χ0n) is 12.0. The summed E-state index contributed by atoms with van der Waals surface area (Å²) in [4.78, 5) is 2.50. The second-order valence-corrected chi connectivity index (χ2v) is 5.82. The third-order valence-corrected chi connectivity index (χ3v) is 4.31. The first kappa shape index (κ1) is 13.7. The SMILES string of the molecule is NCCC1CCN(CC2COc3ccccc3O2)CC1. The lowest BCUT2D eigenvalue weighted by Gasteiger charge is -2.35. The molecule has 2 aliphatic heterocycles. The minimum absolute atomic E-state index is 0.149. The molecule has 0 aromatic heterocycles. The molecule has 3 rings (SSSR count). The van der Waals surface area contributed by atoms with Crippen LogP contribution >= 0.6 is 0 Å². The van der Waals surface area contributed by atoms with Gasteiger partial charge >= 0.3 is 0 Å². The number of para-hydroxylation sites is 2. The second-order valence-electron chi connectivity index (χ2n) is 5.82. The molecule has 0 spiro atoms. The van der Waals surface area contributed by atoms with Crippen LogP contribution in [0.1, 0.15) is 19.3 Å². The van der Waals surface area contributed by atoms with E-state index in [2.05, 4.69) is 4.90 Å². The molecule has 1 unspecified atom stereocenters. The molecule has 0 radical (unpaired) electrons. The third-order valence-electron chi connectivity index (χ3n) is 4.31. The average Bonchev–Trinajstić information content (AvgIpc) is 2.49. The van der Waals surface area contributed by atoms with Gasteiger partial charge in [-0.25, -0.2) is 0 Å². The van der Waals surface area contributed by atoms with Gasteiger partial charge in [0.15, 0.2) is 11.5 Å². The van der Waals surface area contributed by atoms with E-state index >= 15 is 0 Å². The highest BCUT2D eigenvalue weighted by Gasteiger charge is 2.25. The Balaban J connectivity index is 1.48. The number of fused-ring (bicyclic) bond motifs is 1. The fraction of sp³-hybridized carbons (Fsp3) is 0.625. The van der Waals surface area contributed by atoms with Crippen molar-refractivity contribution in [3.05, 3.63) is 24.3 Å². The maximum atomic E-state index is 6.02. The van der Waals surface area contributed by atoms with Crippen LogP contribution in [-0.4, -0.2) is 43.8 Å². The summed E-state index contributed by atoms with van der Waals surface area (Å²) in [6.07, 6.45) is 3.85. The summed E-state index contributed by atoms with van der Waals surface area (Å²) in [6.45, 7) is 4.75. The van der Waals surface area contributed by atoms with Crippen molar-refractivity contribution in [2.45, 2.75) is 25.4 Å². The predicted octanol–water partition coefficient (Wildman–Crippen LogP) is 1.89. The van der Waals surface area contributed by atoms with Crippen LogP contribution in [-0.2, 0) is 0 Å². The Morgan fingerprint density at radius 3 is 2.65 bits per heavy atom. The minimum Gasteiger partial charge on any atom is -0.486 e. The fourth-order valence-corrected chi connectivity index (χ4v) is 3.13. The summed E-state index contributed by atoms with van der Waals surface area (Å²) in [5.74, 6) is 2.56. The van der Waals surface area contributed by atoms with Crippen LogP contribution in [0.5, 0.6) is 11.5 Å². The van der Waals surface area contributed by atoms with Crippen LogP contribution < -0.4 is 15.2 Å². The van der Waals surface area contributed by atoms with Crippen LogP contribution in [0.25, 0.3) is 0 Å². The number of nitrogens with two attached hydrogens (primary N) is 1. The van der Waals surface area contributed by atoms with Crippen molar-refractivity contribution >= 4 is 0 Å². The van der Waals surface area contributed by atoms with E-state index in [-0.39, 0.29) is 6.10 Å². The van der Waals surface area contributed by atoms with Gasteiger partial charge in [-0.3, -0.25) is 4.90 Å². The van der Waals surface area contributed by atoms with E-state index in [9.17, 15) is 0 Å². The van der Waals surface area contributed by atoms with Gasteiger partial charge in [-0.2, -0.15) is 0 Å². The monoisotopic (exact) mass is 276 g/mol. The smallest absolute Gasteiger partial charge is 0.161 e. The highest BCUT2D eigenvalue weighted by atomic mass is 16.6. The van der Waals surface area contributed by atoms with Crippen molar-refractivity contribution in [1.82, 2.24) is 4.90 Å². The molecule has 0 amide bonds. The Morgan fingerprint density at radius 1 is 1.15 bits per heavy atom. The predicted molar refractivity (Wildman–Crippen MR) is 79.2 cm³/mol. The van der Waals surface area contributed by atoms with Crippen molar-refractivity contribution < 1.29 is 9.47 Å². The van der Waals surface area contributed by atoms with Gasteiger partial charge in [-0.1, -0.05) is 12.1 Å². The number of benzene rings is 1. The molecule has 2 N–H and O–H groups in total. The number of ether oxygens (including phenoxy) is 2. The quantitative estimate of drug-likeness (QED) is 0.912. The molecule has 1 aromatic carbocycles. The number of piperidine rings is 1. The Kier molecular flexibility index (Phi) is 4.43. The van der Waals surface area contributed by atoms with Gasteiger partial charge in [-0.15, -0.1) is 0 Å². The van der Waals surface area contributed by atoms with Gasteiger partial charge in [-0.05, 0) is 56.9 Å². The molecule has 2 aliphatic rings. The number of nitrogens with zero attached hydrogens (tertiary/aromatic N) is 1. The lowest BCUT2D eigenvalue weighted by molar-refractivity contribution is 0.0474. The molecule has 1 atom stereocenters. The summed E-state index contributed by atoms with van der Waals surface area (Å²) in [5, 5.41) is 0. The van der Waals surface area contributed by atoms with E-state index in [4.69, 9.17) is 15.2 Å². The molecular weight excluding hydrogens is 252 g/mol. The average molecular weight is 276 g/mol. The van der Waals surface area contributed by atoms with Gasteiger partial charge < -0.3 is 15.2 Å². The number of hydrogen-bond donors (Lipinski definition) is 1. The molecule has 1 aromatic rings. The Hall–Kier alpha value is -1.26. The summed E-state index contributed by atoms with van der Waals surface area (Å²) in [5.41, 5.74) is 5.64. The van der Waals surface area contributed by atoms with Crippen LogP contribution in [0.3, 0.4) is 0 Å². The maximum Gasteiger partial charge on any atom is 0.161 e. The first-order valence-corrected chi connectivity index (χ1v) is 7.66. The molecule has 2 heterocycles. The molecule has 1 fully saturated rings. The summed E-state index contributed by atoms with van der Waals surface area (Å²) < 4.78 is 11.8. The first-order valence-electron chi connectivity index (χ1n) is 7.66. The van der Waals surface area contributed by atoms with E-state index < -0.39 is 0 Å². The van der Waals surface area contributed by atoms with Gasteiger partial charge in [0.25, 0.3) is 0 Å². The van der Waals surface area contributed by atoms with E-state index in [0.29, 0.717) is 6.61 Å². The normalized spacial score (nSPS) is 23.8. The highest BCUT2D eigenvalue weighted by molar-refractivity contribution is 5.40. The topological polar surface area (TPSA) is 47.7 Å². The fourth-order valence-electron chi connectivity index (χ4n) is 3.13. The van der Waals surface area contributed by atoms with Crippen LogP contribution in [0.4, 0.5) is 0 Å². The zero-order chi connectivity index (χ0) is 13.8. The van der Waals surface area contributed by atoms with Crippen LogP contribution in [0.2, 0.25) is 0 Å². The van der Waals surface area contributed by atoms with E-state index in [1.54, 1.807) is 0 Å². The molecule has 4 heteroatoms. The van der Waals surface area contributed by atoms with Gasteiger partial charge in [0.1, 0.15) is 12.7 Å². The van der Waals surface area contributed by atoms with Crippen molar-refractivity contribution in [2.24, 2.45) is 11.7 Å². The van der Waals surface area contributed by atoms with E-state index in [0.717, 1.165) is 43.6 Å². The van der Waals surface area contributed by atoms with Gasteiger partial charge in [0.2, 0.25) is 0 Å². The van der Waals surface area contributed by atoms with Gasteiger partial charge in [0.05, 0.1) is 0 Å². The maximum absolute atomic E-state index is 6.02. The lowest BCUT2D eigenvalue weighted by Crippen LogP contribution is -2.44. The molecular formula is C16H24N2O2. The van der Waals surface area contributed by atoms with Crippen LogP contribution in [0, 0.1) is 5.92 Å². The van der Waals surface area contributed by atoms with Gasteiger partial charge in [0, 0.05) is 6.54 Å². The highest BCUT2D eigenvalue weighted by Crippen LogP contribution is 2.31. The summed E-state index contributed by atoms with van der Waals surface area (Å²) in [7, 11) is 0. The molecule has 110 valence electrons. The molecule has 0 bridgehead atoms. The molecule has 0 saturated carbocycles. The lowest BCUT2D eigenvalue weighted by atomic mass is 9.93.